The summed E-state index contributed by atoms with van der Waals surface area (Å²) in [5, 5.41) is 17.4. The molecule has 1 unspecified atom stereocenters. The minimum absolute atomic E-state index is 0.520. The predicted octanol–water partition coefficient (Wildman–Crippen LogP) is 2.85. The van der Waals surface area contributed by atoms with E-state index in [0.29, 0.717) is 13.1 Å². The molecular formula is C14H17NO2S. The van der Waals surface area contributed by atoms with Gasteiger partial charge >= 0.3 is 0 Å². The van der Waals surface area contributed by atoms with Crippen molar-refractivity contribution in [2.45, 2.75) is 12.5 Å². The zero-order valence-corrected chi connectivity index (χ0v) is 11.1. The molecule has 0 fully saturated rings. The van der Waals surface area contributed by atoms with Gasteiger partial charge in [-0.15, -0.1) is 0 Å². The molecule has 0 aliphatic carbocycles. The second-order valence-electron chi connectivity index (χ2n) is 4.33. The lowest BCUT2D eigenvalue weighted by molar-refractivity contribution is 0.0585. The number of aliphatic hydroxyl groups is 1. The molecule has 0 amide bonds. The lowest BCUT2D eigenvalue weighted by Crippen LogP contribution is -2.35. The second kappa shape index (κ2) is 6.00. The van der Waals surface area contributed by atoms with E-state index in [9.17, 15) is 5.11 Å². The van der Waals surface area contributed by atoms with Gasteiger partial charge in [0.1, 0.15) is 5.76 Å². The summed E-state index contributed by atoms with van der Waals surface area (Å²) in [7, 11) is 0. The van der Waals surface area contributed by atoms with Crippen molar-refractivity contribution in [3.05, 3.63) is 52.6 Å². The van der Waals surface area contributed by atoms with Gasteiger partial charge in [0, 0.05) is 13.1 Å². The fourth-order valence-corrected chi connectivity index (χ4v) is 2.42. The van der Waals surface area contributed by atoms with Gasteiger partial charge in [0.15, 0.2) is 0 Å². The molecule has 3 nitrogen and oxygen atoms in total. The topological polar surface area (TPSA) is 45.4 Å². The molecule has 0 bridgehead atoms. The third kappa shape index (κ3) is 3.57. The number of hydrogen-bond acceptors (Lipinski definition) is 4. The van der Waals surface area contributed by atoms with Crippen LogP contribution in [-0.2, 0) is 5.60 Å². The van der Waals surface area contributed by atoms with E-state index in [4.69, 9.17) is 4.42 Å². The molecule has 2 heterocycles. The minimum atomic E-state index is -0.821. The number of rotatable bonds is 6. The maximum atomic E-state index is 10.3. The molecule has 96 valence electrons. The van der Waals surface area contributed by atoms with E-state index in [2.05, 4.69) is 5.32 Å². The number of furan rings is 1. The molecule has 2 aromatic rings. The van der Waals surface area contributed by atoms with E-state index < -0.39 is 5.60 Å². The van der Waals surface area contributed by atoms with Gasteiger partial charge in [-0.1, -0.05) is 6.08 Å². The molecule has 0 saturated carbocycles. The lowest BCUT2D eigenvalue weighted by Gasteiger charge is -2.22. The summed E-state index contributed by atoms with van der Waals surface area (Å²) in [5.41, 5.74) is 0.133. The Kier molecular flexibility index (Phi) is 4.36. The fourth-order valence-electron chi connectivity index (χ4n) is 1.63. The van der Waals surface area contributed by atoms with Crippen LogP contribution in [0.5, 0.6) is 0 Å². The summed E-state index contributed by atoms with van der Waals surface area (Å²) in [6, 6.07) is 5.71. The normalized spacial score (nSPS) is 15.0. The van der Waals surface area contributed by atoms with Crippen molar-refractivity contribution >= 4 is 17.4 Å². The van der Waals surface area contributed by atoms with Crippen LogP contribution < -0.4 is 5.32 Å². The van der Waals surface area contributed by atoms with Crippen LogP contribution in [0.25, 0.3) is 6.08 Å². The van der Waals surface area contributed by atoms with Gasteiger partial charge in [-0.25, -0.2) is 0 Å². The summed E-state index contributed by atoms with van der Waals surface area (Å²) in [6.45, 7) is 3.03. The zero-order chi connectivity index (χ0) is 12.8. The Bertz CT molecular complexity index is 472. The highest BCUT2D eigenvalue weighted by molar-refractivity contribution is 7.08. The lowest BCUT2D eigenvalue weighted by atomic mass is 9.99. The van der Waals surface area contributed by atoms with E-state index in [1.807, 2.05) is 48.0 Å². The number of nitrogens with one attached hydrogen (secondary N) is 1. The average Bonchev–Trinajstić information content (AvgIpc) is 3.02. The van der Waals surface area contributed by atoms with Crippen LogP contribution in [0, 0.1) is 0 Å². The van der Waals surface area contributed by atoms with Crippen LogP contribution in [0.15, 0.2) is 45.7 Å². The van der Waals surface area contributed by atoms with E-state index in [1.54, 1.807) is 17.6 Å². The van der Waals surface area contributed by atoms with Gasteiger partial charge in [0.25, 0.3) is 0 Å². The van der Waals surface area contributed by atoms with Crippen LogP contribution in [0.2, 0.25) is 0 Å². The standard InChI is InChI=1S/C14H17NO2S/c1-14(16,12-6-9-18-10-12)11-15-7-2-4-13-5-3-8-17-13/h2-6,8-10,15-16H,7,11H2,1H3/b4-2+. The van der Waals surface area contributed by atoms with Crippen LogP contribution in [0.4, 0.5) is 0 Å². The quantitative estimate of drug-likeness (QED) is 0.788. The Morgan fingerprint density at radius 3 is 3.06 bits per heavy atom. The monoisotopic (exact) mass is 263 g/mol. The first-order valence-electron chi connectivity index (χ1n) is 5.84. The van der Waals surface area contributed by atoms with Gasteiger partial charge in [-0.2, -0.15) is 11.3 Å². The van der Waals surface area contributed by atoms with Gasteiger partial charge < -0.3 is 14.8 Å². The van der Waals surface area contributed by atoms with Crippen molar-refractivity contribution in [3.8, 4) is 0 Å². The van der Waals surface area contributed by atoms with Crippen molar-refractivity contribution in [1.82, 2.24) is 5.32 Å². The van der Waals surface area contributed by atoms with E-state index in [-0.39, 0.29) is 0 Å². The molecular weight excluding hydrogens is 246 g/mol. The van der Waals surface area contributed by atoms with Crippen LogP contribution in [-0.4, -0.2) is 18.2 Å². The molecule has 2 rings (SSSR count). The van der Waals surface area contributed by atoms with E-state index >= 15 is 0 Å². The summed E-state index contributed by atoms with van der Waals surface area (Å²) in [5.74, 6) is 0.835. The highest BCUT2D eigenvalue weighted by atomic mass is 32.1. The maximum Gasteiger partial charge on any atom is 0.126 e. The SMILES string of the molecule is CC(O)(CNC/C=C/c1ccco1)c1ccsc1. The maximum absolute atomic E-state index is 10.3. The first kappa shape index (κ1) is 13.1. The minimum Gasteiger partial charge on any atom is -0.465 e. The molecule has 1 atom stereocenters. The third-order valence-electron chi connectivity index (χ3n) is 2.70. The van der Waals surface area contributed by atoms with Crippen LogP contribution in [0.1, 0.15) is 18.2 Å². The van der Waals surface area contributed by atoms with Crippen molar-refractivity contribution in [3.63, 3.8) is 0 Å². The van der Waals surface area contributed by atoms with Crippen LogP contribution >= 0.6 is 11.3 Å². The highest BCUT2D eigenvalue weighted by Crippen LogP contribution is 2.21. The molecule has 2 aromatic heterocycles. The highest BCUT2D eigenvalue weighted by Gasteiger charge is 2.22. The Morgan fingerprint density at radius 2 is 2.39 bits per heavy atom. The molecule has 0 aliphatic heterocycles. The molecule has 0 radical (unpaired) electrons. The van der Waals surface area contributed by atoms with Crippen molar-refractivity contribution < 1.29 is 9.52 Å². The summed E-state index contributed by atoms with van der Waals surface area (Å²) in [6.07, 6.45) is 5.53. The molecule has 4 heteroatoms. The smallest absolute Gasteiger partial charge is 0.126 e. The summed E-state index contributed by atoms with van der Waals surface area (Å²) in [4.78, 5) is 0. The Labute approximate surface area is 111 Å². The van der Waals surface area contributed by atoms with Crippen molar-refractivity contribution in [1.29, 1.82) is 0 Å². The number of thiophene rings is 1. The third-order valence-corrected chi connectivity index (χ3v) is 3.38. The Balaban J connectivity index is 1.75. The molecule has 2 N–H and O–H groups in total. The average molecular weight is 263 g/mol. The van der Waals surface area contributed by atoms with Gasteiger partial charge in [0.2, 0.25) is 0 Å². The van der Waals surface area contributed by atoms with E-state index in [0.717, 1.165) is 11.3 Å². The summed E-state index contributed by atoms with van der Waals surface area (Å²) < 4.78 is 5.18. The first-order valence-corrected chi connectivity index (χ1v) is 6.78. The summed E-state index contributed by atoms with van der Waals surface area (Å²) >= 11 is 1.59. The fraction of sp³-hybridized carbons (Fsp3) is 0.286. The molecule has 0 aromatic carbocycles. The number of hydrogen-bond donors (Lipinski definition) is 2. The van der Waals surface area contributed by atoms with Crippen molar-refractivity contribution in [2.24, 2.45) is 0 Å². The largest absolute Gasteiger partial charge is 0.465 e. The first-order chi connectivity index (χ1) is 8.68. The van der Waals surface area contributed by atoms with Gasteiger partial charge in [-0.05, 0) is 47.5 Å². The predicted molar refractivity (Wildman–Crippen MR) is 74.5 cm³/mol. The van der Waals surface area contributed by atoms with Gasteiger partial charge in [0.05, 0.1) is 11.9 Å². The Hall–Kier alpha value is -1.36. The van der Waals surface area contributed by atoms with Crippen molar-refractivity contribution in [2.75, 3.05) is 13.1 Å². The Morgan fingerprint density at radius 1 is 1.50 bits per heavy atom. The molecule has 0 saturated heterocycles. The van der Waals surface area contributed by atoms with Crippen LogP contribution in [0.3, 0.4) is 0 Å². The molecule has 0 spiro atoms. The molecule has 0 aliphatic rings. The van der Waals surface area contributed by atoms with Gasteiger partial charge in [-0.3, -0.25) is 0 Å². The zero-order valence-electron chi connectivity index (χ0n) is 10.3. The second-order valence-corrected chi connectivity index (χ2v) is 5.11. The molecule has 18 heavy (non-hydrogen) atoms. The van der Waals surface area contributed by atoms with E-state index in [1.165, 1.54) is 0 Å².